The van der Waals surface area contributed by atoms with Crippen LogP contribution in [0.3, 0.4) is 0 Å². The van der Waals surface area contributed by atoms with Crippen molar-refractivity contribution < 1.29 is 27.9 Å². The van der Waals surface area contributed by atoms with Gasteiger partial charge in [-0.25, -0.2) is 9.78 Å². The molecule has 4 heterocycles. The van der Waals surface area contributed by atoms with Crippen molar-refractivity contribution in [3.8, 4) is 0 Å². The molecule has 4 rings (SSSR count). The van der Waals surface area contributed by atoms with E-state index in [1.807, 2.05) is 29.3 Å². The number of hydrogen-bond donors (Lipinski definition) is 1. The van der Waals surface area contributed by atoms with Crippen LogP contribution in [0.2, 0.25) is 0 Å². The molecule has 156 valence electrons. The molecule has 2 aliphatic rings. The van der Waals surface area contributed by atoms with Crippen molar-refractivity contribution in [3.63, 3.8) is 0 Å². The highest BCUT2D eigenvalue weighted by Gasteiger charge is 2.48. The van der Waals surface area contributed by atoms with E-state index in [9.17, 15) is 18.0 Å². The minimum atomic E-state index is -5.08. The minimum Gasteiger partial charge on any atom is -0.475 e. The lowest BCUT2D eigenvalue weighted by Crippen LogP contribution is -2.31. The summed E-state index contributed by atoms with van der Waals surface area (Å²) < 4.78 is 31.7. The molecule has 1 N–H and O–H groups in total. The molecule has 1 unspecified atom stereocenters. The Hall–Kier alpha value is -2.62. The van der Waals surface area contributed by atoms with Gasteiger partial charge in [0.2, 0.25) is 5.91 Å². The number of carboxylic acid groups (broad SMARTS) is 1. The number of nitrogens with zero attached hydrogens (tertiary/aromatic N) is 3. The first kappa shape index (κ1) is 21.1. The molecule has 6 nitrogen and oxygen atoms in total. The Morgan fingerprint density at radius 3 is 2.59 bits per heavy atom. The van der Waals surface area contributed by atoms with Crippen LogP contribution in [-0.4, -0.2) is 47.8 Å². The smallest absolute Gasteiger partial charge is 0.475 e. The van der Waals surface area contributed by atoms with E-state index in [2.05, 4.69) is 27.4 Å². The van der Waals surface area contributed by atoms with E-state index in [1.165, 1.54) is 0 Å². The van der Waals surface area contributed by atoms with Gasteiger partial charge in [-0.05, 0) is 36.9 Å². The average molecular weight is 427 g/mol. The van der Waals surface area contributed by atoms with Gasteiger partial charge in [0.15, 0.2) is 0 Å². The third kappa shape index (κ3) is 4.87. The van der Waals surface area contributed by atoms with Crippen LogP contribution in [0.25, 0.3) is 0 Å². The number of anilines is 2. The fourth-order valence-electron chi connectivity index (χ4n) is 3.65. The molecule has 0 aliphatic carbocycles. The van der Waals surface area contributed by atoms with Gasteiger partial charge in [0.25, 0.3) is 0 Å². The number of carbonyl (C=O) groups is 2. The molecule has 1 amide bonds. The van der Waals surface area contributed by atoms with Gasteiger partial charge in [0.1, 0.15) is 5.82 Å². The third-order valence-electron chi connectivity index (χ3n) is 5.02. The maximum Gasteiger partial charge on any atom is 0.490 e. The highest BCUT2D eigenvalue weighted by molar-refractivity contribution is 7.08. The number of aliphatic carboxylic acids is 1. The Kier molecular flexibility index (Phi) is 5.83. The number of rotatable bonds is 2. The molecule has 0 aromatic carbocycles. The third-order valence-corrected chi connectivity index (χ3v) is 5.69. The first-order valence-electron chi connectivity index (χ1n) is 8.91. The first-order valence-corrected chi connectivity index (χ1v) is 9.85. The lowest BCUT2D eigenvalue weighted by atomic mass is 9.86. The van der Waals surface area contributed by atoms with Crippen LogP contribution >= 0.6 is 11.3 Å². The first-order chi connectivity index (χ1) is 13.6. The van der Waals surface area contributed by atoms with E-state index in [-0.39, 0.29) is 11.3 Å². The zero-order valence-electron chi connectivity index (χ0n) is 15.6. The van der Waals surface area contributed by atoms with Crippen LogP contribution in [0.4, 0.5) is 24.7 Å². The summed E-state index contributed by atoms with van der Waals surface area (Å²) in [6.07, 6.45) is -3.36. The SMILES string of the molecule is Cc1cccc(N2CCC3(CC(=O)N(c4ccsc4)C3)C2)n1.O=C(O)C(F)(F)F. The molecule has 29 heavy (non-hydrogen) atoms. The van der Waals surface area contributed by atoms with Crippen molar-refractivity contribution in [2.75, 3.05) is 29.4 Å². The summed E-state index contributed by atoms with van der Waals surface area (Å²) in [5, 5.41) is 11.2. The Morgan fingerprint density at radius 2 is 2.00 bits per heavy atom. The Balaban J connectivity index is 0.000000298. The van der Waals surface area contributed by atoms with Crippen LogP contribution < -0.4 is 9.80 Å². The van der Waals surface area contributed by atoms with Gasteiger partial charge < -0.3 is 14.9 Å². The molecule has 2 aromatic heterocycles. The second kappa shape index (κ2) is 8.02. The topological polar surface area (TPSA) is 73.7 Å². The van der Waals surface area contributed by atoms with Crippen LogP contribution in [0.15, 0.2) is 35.0 Å². The maximum atomic E-state index is 12.4. The number of halogens is 3. The zero-order valence-corrected chi connectivity index (χ0v) is 16.5. The quantitative estimate of drug-likeness (QED) is 0.791. The summed E-state index contributed by atoms with van der Waals surface area (Å²) in [6, 6.07) is 8.18. The monoisotopic (exact) mass is 427 g/mol. The highest BCUT2D eigenvalue weighted by Crippen LogP contribution is 2.43. The van der Waals surface area contributed by atoms with Gasteiger partial charge in [0, 0.05) is 42.5 Å². The molecule has 10 heteroatoms. The van der Waals surface area contributed by atoms with Crippen molar-refractivity contribution >= 4 is 34.7 Å². The maximum absolute atomic E-state index is 12.4. The minimum absolute atomic E-state index is 0.0877. The largest absolute Gasteiger partial charge is 0.490 e. The molecule has 0 bridgehead atoms. The molecule has 2 aromatic rings. The van der Waals surface area contributed by atoms with Gasteiger partial charge in [-0.15, -0.1) is 0 Å². The summed E-state index contributed by atoms with van der Waals surface area (Å²) in [5.41, 5.74) is 2.18. The van der Waals surface area contributed by atoms with Gasteiger partial charge in [0.05, 0.1) is 5.69 Å². The van der Waals surface area contributed by atoms with E-state index >= 15 is 0 Å². The van der Waals surface area contributed by atoms with Gasteiger partial charge in [-0.3, -0.25) is 4.79 Å². The van der Waals surface area contributed by atoms with Crippen molar-refractivity contribution in [1.82, 2.24) is 4.98 Å². The van der Waals surface area contributed by atoms with E-state index in [1.54, 1.807) is 11.3 Å². The molecule has 2 saturated heterocycles. The van der Waals surface area contributed by atoms with Gasteiger partial charge >= 0.3 is 12.1 Å². The van der Waals surface area contributed by atoms with E-state index in [4.69, 9.17) is 9.90 Å². The van der Waals surface area contributed by atoms with Crippen LogP contribution in [-0.2, 0) is 9.59 Å². The summed E-state index contributed by atoms with van der Waals surface area (Å²) in [5.74, 6) is -1.46. The molecule has 0 saturated carbocycles. The Labute approximate surface area is 169 Å². The zero-order chi connectivity index (χ0) is 21.2. The number of aromatic nitrogens is 1. The van der Waals surface area contributed by atoms with Crippen LogP contribution in [0.5, 0.6) is 0 Å². The number of thiophene rings is 1. The molecular formula is C19H20F3N3O3S. The molecule has 1 atom stereocenters. The molecular weight excluding hydrogens is 407 g/mol. The number of amides is 1. The Morgan fingerprint density at radius 1 is 1.28 bits per heavy atom. The standard InChI is InChI=1S/C17H19N3OS.C2HF3O2/c1-13-3-2-4-15(18-13)19-7-6-17(11-19)9-16(21)20(12-17)14-5-8-22-10-14;3-2(4,5)1(6)7/h2-5,8,10H,6-7,9,11-12H2,1H3;(H,6,7). The number of alkyl halides is 3. The second-order valence-electron chi connectivity index (χ2n) is 7.25. The number of carboxylic acids is 1. The number of pyridine rings is 1. The van der Waals surface area contributed by atoms with Crippen LogP contribution in [0.1, 0.15) is 18.5 Å². The van der Waals surface area contributed by atoms with E-state index < -0.39 is 12.1 Å². The summed E-state index contributed by atoms with van der Waals surface area (Å²) in [6.45, 7) is 4.77. The number of carbonyl (C=O) groups excluding carboxylic acids is 1. The van der Waals surface area contributed by atoms with Crippen molar-refractivity contribution in [2.45, 2.75) is 25.9 Å². The average Bonchev–Trinajstić information content (AvgIpc) is 3.36. The lowest BCUT2D eigenvalue weighted by molar-refractivity contribution is -0.192. The van der Waals surface area contributed by atoms with E-state index in [0.29, 0.717) is 6.42 Å². The van der Waals surface area contributed by atoms with Gasteiger partial charge in [-0.2, -0.15) is 24.5 Å². The predicted octanol–water partition coefficient (Wildman–Crippen LogP) is 3.72. The van der Waals surface area contributed by atoms with Crippen molar-refractivity contribution in [3.05, 3.63) is 40.7 Å². The van der Waals surface area contributed by atoms with Crippen molar-refractivity contribution in [1.29, 1.82) is 0 Å². The molecule has 2 fully saturated rings. The molecule has 0 radical (unpaired) electrons. The molecule has 1 spiro atoms. The summed E-state index contributed by atoms with van der Waals surface area (Å²) in [4.78, 5) is 30.2. The Bertz CT molecular complexity index is 888. The fourth-order valence-corrected chi connectivity index (χ4v) is 4.29. The summed E-state index contributed by atoms with van der Waals surface area (Å²) >= 11 is 1.64. The van der Waals surface area contributed by atoms with Gasteiger partial charge in [-0.1, -0.05) is 6.07 Å². The highest BCUT2D eigenvalue weighted by atomic mass is 32.1. The van der Waals surface area contributed by atoms with Crippen molar-refractivity contribution in [2.24, 2.45) is 5.41 Å². The lowest BCUT2D eigenvalue weighted by Gasteiger charge is -2.24. The van der Waals surface area contributed by atoms with E-state index in [0.717, 1.165) is 43.3 Å². The number of aryl methyl sites for hydroxylation is 1. The summed E-state index contributed by atoms with van der Waals surface area (Å²) in [7, 11) is 0. The predicted molar refractivity (Wildman–Crippen MR) is 103 cm³/mol. The number of hydrogen-bond acceptors (Lipinski definition) is 5. The normalized spacial score (nSPS) is 21.4. The second-order valence-corrected chi connectivity index (χ2v) is 8.03. The fraction of sp³-hybridized carbons (Fsp3) is 0.421. The van der Waals surface area contributed by atoms with Crippen LogP contribution in [0, 0.1) is 12.3 Å². The molecule has 2 aliphatic heterocycles.